The Morgan fingerprint density at radius 2 is 2.36 bits per heavy atom. The van der Waals surface area contributed by atoms with E-state index >= 15 is 0 Å². The molecule has 0 radical (unpaired) electrons. The first-order valence-corrected chi connectivity index (χ1v) is 4.88. The van der Waals surface area contributed by atoms with E-state index in [0.717, 1.165) is 12.8 Å². The fraction of sp³-hybridized carbons (Fsp3) is 0.700. The van der Waals surface area contributed by atoms with Gasteiger partial charge in [-0.2, -0.15) is 0 Å². The Morgan fingerprint density at radius 1 is 1.71 bits per heavy atom. The maximum absolute atomic E-state index is 11.4. The molecule has 1 amide bonds. The molecule has 0 bridgehead atoms. The maximum atomic E-state index is 11.4. The number of nitrogens with one attached hydrogen (secondary N) is 1. The summed E-state index contributed by atoms with van der Waals surface area (Å²) in [4.78, 5) is 11.4. The summed E-state index contributed by atoms with van der Waals surface area (Å²) in [7, 11) is 0. The molecule has 0 spiro atoms. The van der Waals surface area contributed by atoms with Gasteiger partial charge in [-0.1, -0.05) is 6.08 Å². The Morgan fingerprint density at radius 3 is 2.79 bits per heavy atom. The van der Waals surface area contributed by atoms with Crippen LogP contribution in [0, 0.1) is 5.41 Å². The highest BCUT2D eigenvalue weighted by Crippen LogP contribution is 2.44. The monoisotopic (exact) mass is 198 g/mol. The van der Waals surface area contributed by atoms with Gasteiger partial charge in [0.25, 0.3) is 0 Å². The van der Waals surface area contributed by atoms with Crippen LogP contribution in [-0.4, -0.2) is 30.2 Å². The molecular weight excluding hydrogens is 180 g/mol. The first-order valence-electron chi connectivity index (χ1n) is 4.88. The van der Waals surface area contributed by atoms with Gasteiger partial charge in [0.15, 0.2) is 0 Å². The molecule has 1 unspecified atom stereocenters. The van der Waals surface area contributed by atoms with Gasteiger partial charge in [-0.15, -0.1) is 6.58 Å². The zero-order valence-electron chi connectivity index (χ0n) is 8.33. The van der Waals surface area contributed by atoms with Crippen LogP contribution in [0.2, 0.25) is 0 Å². The fourth-order valence-corrected chi connectivity index (χ4v) is 1.26. The summed E-state index contributed by atoms with van der Waals surface area (Å²) in [6.45, 7) is 4.20. The number of carbonyl (C=O) groups excluding carboxylic acids is 1. The molecule has 14 heavy (non-hydrogen) atoms. The number of amides is 1. The smallest absolute Gasteiger partial charge is 0.237 e. The molecule has 1 aliphatic carbocycles. The zero-order valence-corrected chi connectivity index (χ0v) is 8.33. The molecule has 1 fully saturated rings. The van der Waals surface area contributed by atoms with Crippen LogP contribution in [0.4, 0.5) is 0 Å². The second-order valence-corrected chi connectivity index (χ2v) is 4.01. The van der Waals surface area contributed by atoms with Crippen molar-refractivity contribution < 1.29 is 9.90 Å². The molecule has 0 aromatic carbocycles. The van der Waals surface area contributed by atoms with Gasteiger partial charge in [0.2, 0.25) is 5.91 Å². The predicted molar refractivity (Wildman–Crippen MR) is 54.6 cm³/mol. The van der Waals surface area contributed by atoms with E-state index in [1.54, 1.807) is 6.08 Å². The summed E-state index contributed by atoms with van der Waals surface area (Å²) in [6.07, 6.45) is 4.09. The third-order valence-corrected chi connectivity index (χ3v) is 2.69. The molecule has 4 heteroatoms. The highest BCUT2D eigenvalue weighted by atomic mass is 16.3. The lowest BCUT2D eigenvalue weighted by atomic mass is 10.1. The molecule has 0 aliphatic heterocycles. The van der Waals surface area contributed by atoms with E-state index in [1.807, 2.05) is 0 Å². The van der Waals surface area contributed by atoms with E-state index in [2.05, 4.69) is 11.9 Å². The Labute approximate surface area is 84.2 Å². The van der Waals surface area contributed by atoms with Crippen LogP contribution in [0.5, 0.6) is 0 Å². The number of carbonyl (C=O) groups is 1. The molecule has 4 nitrogen and oxygen atoms in total. The van der Waals surface area contributed by atoms with E-state index in [1.165, 1.54) is 0 Å². The number of aliphatic hydroxyl groups excluding tert-OH is 1. The van der Waals surface area contributed by atoms with Crippen molar-refractivity contribution in [1.82, 2.24) is 5.32 Å². The molecule has 4 N–H and O–H groups in total. The molecule has 1 rings (SSSR count). The maximum Gasteiger partial charge on any atom is 0.237 e. The topological polar surface area (TPSA) is 75.4 Å². The lowest BCUT2D eigenvalue weighted by molar-refractivity contribution is -0.122. The summed E-state index contributed by atoms with van der Waals surface area (Å²) in [5.74, 6) is -0.162. The fourth-order valence-electron chi connectivity index (χ4n) is 1.26. The second-order valence-electron chi connectivity index (χ2n) is 4.01. The minimum atomic E-state index is -0.512. The predicted octanol–water partition coefficient (Wildman–Crippen LogP) is -0.222. The van der Waals surface area contributed by atoms with Crippen molar-refractivity contribution in [3.05, 3.63) is 12.7 Å². The van der Waals surface area contributed by atoms with Crippen molar-refractivity contribution in [3.8, 4) is 0 Å². The van der Waals surface area contributed by atoms with Crippen LogP contribution >= 0.6 is 0 Å². The summed E-state index contributed by atoms with van der Waals surface area (Å²) in [6, 6.07) is -0.512. The largest absolute Gasteiger partial charge is 0.396 e. The molecule has 0 aromatic rings. The Hall–Kier alpha value is -0.870. The Bertz CT molecular complexity index is 224. The average molecular weight is 198 g/mol. The van der Waals surface area contributed by atoms with Crippen LogP contribution in [0.3, 0.4) is 0 Å². The molecule has 1 aliphatic rings. The summed E-state index contributed by atoms with van der Waals surface area (Å²) in [5.41, 5.74) is 5.52. The highest BCUT2D eigenvalue weighted by Gasteiger charge is 2.42. The van der Waals surface area contributed by atoms with E-state index in [-0.39, 0.29) is 17.9 Å². The number of aliphatic hydroxyl groups is 1. The number of rotatable bonds is 6. The van der Waals surface area contributed by atoms with Crippen molar-refractivity contribution in [3.63, 3.8) is 0 Å². The van der Waals surface area contributed by atoms with Crippen LogP contribution in [-0.2, 0) is 4.79 Å². The van der Waals surface area contributed by atoms with Crippen LogP contribution in [0.25, 0.3) is 0 Å². The molecule has 0 heterocycles. The SMILES string of the molecule is C=CCC(N)C(=O)NCC1(CO)CC1. The molecular formula is C10H18N2O2. The van der Waals surface area contributed by atoms with Crippen molar-refractivity contribution in [2.75, 3.05) is 13.2 Å². The van der Waals surface area contributed by atoms with Crippen molar-refractivity contribution in [2.24, 2.45) is 11.1 Å². The van der Waals surface area contributed by atoms with Gasteiger partial charge in [-0.3, -0.25) is 4.79 Å². The van der Waals surface area contributed by atoms with Gasteiger partial charge in [0, 0.05) is 12.0 Å². The van der Waals surface area contributed by atoms with Gasteiger partial charge >= 0.3 is 0 Å². The van der Waals surface area contributed by atoms with Crippen LogP contribution < -0.4 is 11.1 Å². The quantitative estimate of drug-likeness (QED) is 0.516. The lowest BCUT2D eigenvalue weighted by Gasteiger charge is -2.15. The van der Waals surface area contributed by atoms with E-state index < -0.39 is 6.04 Å². The number of hydrogen-bond acceptors (Lipinski definition) is 3. The second kappa shape index (κ2) is 4.57. The van der Waals surface area contributed by atoms with E-state index in [9.17, 15) is 4.79 Å². The standard InChI is InChI=1S/C10H18N2O2/c1-2-3-8(11)9(14)12-6-10(7-13)4-5-10/h2,8,13H,1,3-7,11H2,(H,12,14). The van der Waals surface area contributed by atoms with Gasteiger partial charge in [-0.25, -0.2) is 0 Å². The number of nitrogens with two attached hydrogens (primary N) is 1. The third-order valence-electron chi connectivity index (χ3n) is 2.69. The minimum Gasteiger partial charge on any atom is -0.396 e. The van der Waals surface area contributed by atoms with E-state index in [4.69, 9.17) is 10.8 Å². The molecule has 1 saturated carbocycles. The first kappa shape index (κ1) is 11.2. The van der Waals surface area contributed by atoms with Gasteiger partial charge in [-0.05, 0) is 19.3 Å². The normalized spacial score (nSPS) is 19.9. The molecule has 80 valence electrons. The van der Waals surface area contributed by atoms with Crippen molar-refractivity contribution in [2.45, 2.75) is 25.3 Å². The van der Waals surface area contributed by atoms with E-state index in [0.29, 0.717) is 13.0 Å². The minimum absolute atomic E-state index is 0.0520. The van der Waals surface area contributed by atoms with Crippen LogP contribution in [0.15, 0.2) is 12.7 Å². The van der Waals surface area contributed by atoms with Crippen molar-refractivity contribution in [1.29, 1.82) is 0 Å². The van der Waals surface area contributed by atoms with Crippen LogP contribution in [0.1, 0.15) is 19.3 Å². The Kier molecular flexibility index (Phi) is 3.66. The molecule has 0 saturated heterocycles. The van der Waals surface area contributed by atoms with Gasteiger partial charge < -0.3 is 16.2 Å². The van der Waals surface area contributed by atoms with Gasteiger partial charge in [0.1, 0.15) is 0 Å². The summed E-state index contributed by atoms with van der Waals surface area (Å²) >= 11 is 0. The van der Waals surface area contributed by atoms with Gasteiger partial charge in [0.05, 0.1) is 12.6 Å². The average Bonchev–Trinajstić information content (AvgIpc) is 2.95. The highest BCUT2D eigenvalue weighted by molar-refractivity contribution is 5.81. The van der Waals surface area contributed by atoms with Crippen molar-refractivity contribution >= 4 is 5.91 Å². The summed E-state index contributed by atoms with van der Waals surface area (Å²) < 4.78 is 0. The zero-order chi connectivity index (χ0) is 10.6. The molecule has 1 atom stereocenters. The third kappa shape index (κ3) is 2.82. The summed E-state index contributed by atoms with van der Waals surface area (Å²) in [5, 5.41) is 11.8. The molecule has 0 aromatic heterocycles. The Balaban J connectivity index is 2.24. The number of hydrogen-bond donors (Lipinski definition) is 3. The lowest BCUT2D eigenvalue weighted by Crippen LogP contribution is -2.43. The first-order chi connectivity index (χ1) is 6.63.